The molecule has 0 fully saturated rings. The monoisotopic (exact) mass is 235 g/mol. The summed E-state index contributed by atoms with van der Waals surface area (Å²) in [7, 11) is 0. The van der Waals surface area contributed by atoms with Crippen LogP contribution in [-0.4, -0.2) is 17.9 Å². The van der Waals surface area contributed by atoms with Crippen molar-refractivity contribution in [3.63, 3.8) is 0 Å². The average Bonchev–Trinajstić information content (AvgIpc) is 2.42. The van der Waals surface area contributed by atoms with Gasteiger partial charge in [-0.15, -0.1) is 6.42 Å². The minimum atomic E-state index is 0.226. The Balaban J connectivity index is 2.40. The highest BCUT2D eigenvalue weighted by Gasteiger charge is 2.06. The topological polar surface area (TPSA) is 32.6 Å². The molecule has 0 aliphatic carbocycles. The minimum Gasteiger partial charge on any atom is -0.507 e. The molecule has 0 heterocycles. The lowest BCUT2D eigenvalue weighted by Gasteiger charge is -2.06. The van der Waals surface area contributed by atoms with Gasteiger partial charge in [-0.05, 0) is 11.6 Å². The molecule has 2 rings (SSSR count). The van der Waals surface area contributed by atoms with Gasteiger partial charge in [0.2, 0.25) is 0 Å². The summed E-state index contributed by atoms with van der Waals surface area (Å²) in [4.78, 5) is 4.03. The summed E-state index contributed by atoms with van der Waals surface area (Å²) in [5.74, 6) is 2.65. The van der Waals surface area contributed by atoms with Crippen molar-refractivity contribution in [3.05, 3.63) is 54.1 Å². The Labute approximate surface area is 107 Å². The van der Waals surface area contributed by atoms with Gasteiger partial charge in [0, 0.05) is 17.3 Å². The summed E-state index contributed by atoms with van der Waals surface area (Å²) in [6, 6.07) is 15.3. The van der Waals surface area contributed by atoms with Crippen LogP contribution in [0.25, 0.3) is 11.1 Å². The van der Waals surface area contributed by atoms with E-state index in [-0.39, 0.29) is 5.75 Å². The summed E-state index contributed by atoms with van der Waals surface area (Å²) >= 11 is 0. The SMILES string of the molecule is C#CCN=Cc1cccc(-c2ccccc2)c1O. The lowest BCUT2D eigenvalue weighted by Crippen LogP contribution is -1.87. The van der Waals surface area contributed by atoms with Crippen LogP contribution in [-0.2, 0) is 0 Å². The number of hydrogen-bond acceptors (Lipinski definition) is 2. The number of terminal acetylenes is 1. The third-order valence-corrected chi connectivity index (χ3v) is 2.56. The Kier molecular flexibility index (Phi) is 3.78. The zero-order valence-corrected chi connectivity index (χ0v) is 9.88. The normalized spacial score (nSPS) is 10.4. The molecule has 0 aliphatic heterocycles. The van der Waals surface area contributed by atoms with Gasteiger partial charge >= 0.3 is 0 Å². The number of phenols is 1. The first-order valence-electron chi connectivity index (χ1n) is 5.63. The molecule has 0 saturated heterocycles. The van der Waals surface area contributed by atoms with E-state index in [1.54, 1.807) is 6.21 Å². The van der Waals surface area contributed by atoms with Crippen LogP contribution in [0.1, 0.15) is 5.56 Å². The summed E-state index contributed by atoms with van der Waals surface area (Å²) in [5, 5.41) is 10.2. The Morgan fingerprint density at radius 2 is 1.89 bits per heavy atom. The molecule has 2 aromatic rings. The molecule has 0 aromatic heterocycles. The molecule has 2 nitrogen and oxygen atoms in total. The number of aromatic hydroxyl groups is 1. The molecule has 0 radical (unpaired) electrons. The Morgan fingerprint density at radius 3 is 2.61 bits per heavy atom. The quantitative estimate of drug-likeness (QED) is 0.643. The molecular formula is C16H13NO. The Morgan fingerprint density at radius 1 is 1.11 bits per heavy atom. The molecule has 0 spiro atoms. The number of para-hydroxylation sites is 1. The van der Waals surface area contributed by atoms with E-state index in [0.717, 1.165) is 11.1 Å². The lowest BCUT2D eigenvalue weighted by molar-refractivity contribution is 0.476. The predicted octanol–water partition coefficient (Wildman–Crippen LogP) is 3.11. The van der Waals surface area contributed by atoms with E-state index in [2.05, 4.69) is 10.9 Å². The zero-order valence-electron chi connectivity index (χ0n) is 9.88. The fraction of sp³-hybridized carbons (Fsp3) is 0.0625. The summed E-state index contributed by atoms with van der Waals surface area (Å²) in [6.45, 7) is 0.314. The van der Waals surface area contributed by atoms with E-state index >= 15 is 0 Å². The van der Waals surface area contributed by atoms with Crippen LogP contribution < -0.4 is 0 Å². The molecule has 0 atom stereocenters. The molecule has 0 unspecified atom stereocenters. The van der Waals surface area contributed by atoms with E-state index in [1.807, 2.05) is 48.5 Å². The van der Waals surface area contributed by atoms with Crippen molar-refractivity contribution in [1.29, 1.82) is 0 Å². The van der Waals surface area contributed by atoms with E-state index in [9.17, 15) is 5.11 Å². The number of rotatable bonds is 3. The molecule has 0 bridgehead atoms. The number of nitrogens with zero attached hydrogens (tertiary/aromatic N) is 1. The molecule has 18 heavy (non-hydrogen) atoms. The van der Waals surface area contributed by atoms with E-state index in [0.29, 0.717) is 12.1 Å². The van der Waals surface area contributed by atoms with Crippen molar-refractivity contribution >= 4 is 6.21 Å². The van der Waals surface area contributed by atoms with Crippen molar-refractivity contribution in [3.8, 4) is 29.2 Å². The second-order valence-electron chi connectivity index (χ2n) is 3.78. The minimum absolute atomic E-state index is 0.226. The van der Waals surface area contributed by atoms with Gasteiger partial charge in [0.05, 0.1) is 6.54 Å². The van der Waals surface area contributed by atoms with Gasteiger partial charge in [-0.25, -0.2) is 0 Å². The van der Waals surface area contributed by atoms with Gasteiger partial charge in [0.15, 0.2) is 0 Å². The maximum absolute atomic E-state index is 10.2. The van der Waals surface area contributed by atoms with Crippen LogP contribution >= 0.6 is 0 Å². The van der Waals surface area contributed by atoms with Crippen LogP contribution in [0.3, 0.4) is 0 Å². The van der Waals surface area contributed by atoms with E-state index < -0.39 is 0 Å². The van der Waals surface area contributed by atoms with Crippen LogP contribution in [0.2, 0.25) is 0 Å². The number of aliphatic imine (C=N–C) groups is 1. The zero-order chi connectivity index (χ0) is 12.8. The molecule has 0 amide bonds. The first kappa shape index (κ1) is 11.9. The van der Waals surface area contributed by atoms with Crippen molar-refractivity contribution in [2.24, 2.45) is 4.99 Å². The smallest absolute Gasteiger partial charge is 0.132 e. The fourth-order valence-electron chi connectivity index (χ4n) is 1.71. The van der Waals surface area contributed by atoms with Crippen molar-refractivity contribution in [2.45, 2.75) is 0 Å². The van der Waals surface area contributed by atoms with Crippen molar-refractivity contribution < 1.29 is 5.11 Å². The highest BCUT2D eigenvalue weighted by molar-refractivity contribution is 5.88. The number of benzene rings is 2. The second kappa shape index (κ2) is 5.70. The Hall–Kier alpha value is -2.53. The fourth-order valence-corrected chi connectivity index (χ4v) is 1.71. The first-order valence-corrected chi connectivity index (χ1v) is 5.63. The number of hydrogen-bond donors (Lipinski definition) is 1. The number of phenolic OH excluding ortho intramolecular Hbond substituents is 1. The van der Waals surface area contributed by atoms with Gasteiger partial charge in [-0.3, -0.25) is 4.99 Å². The summed E-state index contributed by atoms with van der Waals surface area (Å²) in [5.41, 5.74) is 2.44. The molecule has 2 aromatic carbocycles. The largest absolute Gasteiger partial charge is 0.507 e. The predicted molar refractivity (Wildman–Crippen MR) is 74.8 cm³/mol. The third-order valence-electron chi connectivity index (χ3n) is 2.56. The van der Waals surface area contributed by atoms with Gasteiger partial charge in [-0.2, -0.15) is 0 Å². The summed E-state index contributed by atoms with van der Waals surface area (Å²) < 4.78 is 0. The van der Waals surface area contributed by atoms with Crippen molar-refractivity contribution in [2.75, 3.05) is 6.54 Å². The molecular weight excluding hydrogens is 222 g/mol. The van der Waals surface area contributed by atoms with Gasteiger partial charge in [0.1, 0.15) is 5.75 Å². The van der Waals surface area contributed by atoms with Gasteiger partial charge < -0.3 is 5.11 Å². The molecule has 0 saturated carbocycles. The average molecular weight is 235 g/mol. The highest BCUT2D eigenvalue weighted by atomic mass is 16.3. The van der Waals surface area contributed by atoms with Crippen LogP contribution in [0, 0.1) is 12.3 Å². The second-order valence-corrected chi connectivity index (χ2v) is 3.78. The molecule has 0 aliphatic rings. The van der Waals surface area contributed by atoms with Crippen LogP contribution in [0.15, 0.2) is 53.5 Å². The van der Waals surface area contributed by atoms with Crippen molar-refractivity contribution in [1.82, 2.24) is 0 Å². The third kappa shape index (κ3) is 2.58. The maximum atomic E-state index is 10.2. The van der Waals surface area contributed by atoms with Gasteiger partial charge in [-0.1, -0.05) is 48.4 Å². The van der Waals surface area contributed by atoms with E-state index in [4.69, 9.17) is 6.42 Å². The van der Waals surface area contributed by atoms with E-state index in [1.165, 1.54) is 0 Å². The summed E-state index contributed by atoms with van der Waals surface area (Å²) in [6.07, 6.45) is 6.72. The molecule has 88 valence electrons. The standard InChI is InChI=1S/C16H13NO/c1-2-11-17-12-14-9-6-10-15(16(14)18)13-7-4-3-5-8-13/h1,3-10,12,18H,11H2. The highest BCUT2D eigenvalue weighted by Crippen LogP contribution is 2.30. The Bertz CT molecular complexity index is 594. The van der Waals surface area contributed by atoms with Crippen LogP contribution in [0.5, 0.6) is 5.75 Å². The van der Waals surface area contributed by atoms with Gasteiger partial charge in [0.25, 0.3) is 0 Å². The molecule has 2 heteroatoms. The van der Waals surface area contributed by atoms with Crippen LogP contribution in [0.4, 0.5) is 0 Å². The first-order chi connectivity index (χ1) is 8.83. The maximum Gasteiger partial charge on any atom is 0.132 e. The lowest BCUT2D eigenvalue weighted by atomic mass is 10.0. The molecule has 1 N–H and O–H groups in total.